The van der Waals surface area contributed by atoms with E-state index >= 15 is 0 Å². The molecule has 0 atom stereocenters. The maximum Gasteiger partial charge on any atom is 0.221 e. The van der Waals surface area contributed by atoms with Gasteiger partial charge in [-0.05, 0) is 26.8 Å². The molecule has 0 saturated heterocycles. The first-order valence-electron chi connectivity index (χ1n) is 4.89. The van der Waals surface area contributed by atoms with Crippen LogP contribution in [0.3, 0.4) is 0 Å². The Bertz CT molecular complexity index is 155. The second-order valence-electron chi connectivity index (χ2n) is 2.81. The van der Waals surface area contributed by atoms with Crippen molar-refractivity contribution >= 4 is 5.91 Å². The summed E-state index contributed by atoms with van der Waals surface area (Å²) in [4.78, 5) is 11.0. The number of rotatable bonds is 7. The summed E-state index contributed by atoms with van der Waals surface area (Å²) in [5.41, 5.74) is 0. The van der Waals surface area contributed by atoms with E-state index in [1.165, 1.54) is 0 Å². The Hall–Kier alpha value is -0.830. The van der Waals surface area contributed by atoms with Crippen molar-refractivity contribution in [3.05, 3.63) is 12.2 Å². The van der Waals surface area contributed by atoms with Gasteiger partial charge >= 0.3 is 0 Å². The largest absolute Gasteiger partial charge is 0.356 e. The third-order valence-corrected chi connectivity index (χ3v) is 1.63. The van der Waals surface area contributed by atoms with E-state index in [1.54, 1.807) is 0 Å². The van der Waals surface area contributed by atoms with E-state index in [-0.39, 0.29) is 5.91 Å². The molecule has 0 aliphatic heterocycles. The molecule has 0 aromatic heterocycles. The van der Waals surface area contributed by atoms with Gasteiger partial charge in [0.2, 0.25) is 5.91 Å². The first-order chi connectivity index (χ1) is 6.31. The second-order valence-corrected chi connectivity index (χ2v) is 2.81. The second kappa shape index (κ2) is 9.26. The van der Waals surface area contributed by atoms with Gasteiger partial charge in [-0.2, -0.15) is 0 Å². The van der Waals surface area contributed by atoms with Gasteiger partial charge in [-0.25, -0.2) is 0 Å². The van der Waals surface area contributed by atoms with Gasteiger partial charge in [-0.1, -0.05) is 12.2 Å². The smallest absolute Gasteiger partial charge is 0.221 e. The molecule has 0 fully saturated rings. The Morgan fingerprint density at radius 2 is 2.15 bits per heavy atom. The zero-order valence-electron chi connectivity index (χ0n) is 8.60. The van der Waals surface area contributed by atoms with E-state index in [0.717, 1.165) is 26.1 Å². The normalized spacial score (nSPS) is 10.6. The van der Waals surface area contributed by atoms with Crippen LogP contribution >= 0.6 is 0 Å². The summed E-state index contributed by atoms with van der Waals surface area (Å²) >= 11 is 0. The van der Waals surface area contributed by atoms with Crippen LogP contribution in [-0.2, 0) is 4.79 Å². The molecule has 0 aliphatic carbocycles. The number of hydrogen-bond donors (Lipinski definition) is 2. The molecule has 0 aromatic carbocycles. The molecular formula is C10H20N2O. The predicted molar refractivity (Wildman–Crippen MR) is 55.6 cm³/mol. The van der Waals surface area contributed by atoms with E-state index in [9.17, 15) is 4.79 Å². The molecule has 3 nitrogen and oxygen atoms in total. The molecule has 13 heavy (non-hydrogen) atoms. The molecule has 0 saturated carbocycles. The van der Waals surface area contributed by atoms with Crippen molar-refractivity contribution in [2.45, 2.75) is 26.7 Å². The first-order valence-corrected chi connectivity index (χ1v) is 4.89. The highest BCUT2D eigenvalue weighted by Gasteiger charge is 1.96. The van der Waals surface area contributed by atoms with Crippen molar-refractivity contribution in [2.24, 2.45) is 0 Å². The first kappa shape index (κ1) is 12.2. The zero-order valence-corrected chi connectivity index (χ0v) is 8.60. The lowest BCUT2D eigenvalue weighted by Gasteiger charge is -2.02. The number of nitrogens with one attached hydrogen (secondary N) is 2. The van der Waals surface area contributed by atoms with Crippen LogP contribution < -0.4 is 10.6 Å². The fraction of sp³-hybridized carbons (Fsp3) is 0.700. The van der Waals surface area contributed by atoms with Gasteiger partial charge in [0.25, 0.3) is 0 Å². The van der Waals surface area contributed by atoms with Gasteiger partial charge in [0.05, 0.1) is 0 Å². The van der Waals surface area contributed by atoms with E-state index in [0.29, 0.717) is 6.42 Å². The average molecular weight is 184 g/mol. The highest BCUT2D eigenvalue weighted by atomic mass is 16.1. The number of allylic oxidation sites excluding steroid dienone is 1. The Morgan fingerprint density at radius 1 is 1.38 bits per heavy atom. The molecule has 2 N–H and O–H groups in total. The Kier molecular flexibility index (Phi) is 8.67. The number of amides is 1. The predicted octanol–water partition coefficient (Wildman–Crippen LogP) is 1.07. The van der Waals surface area contributed by atoms with Crippen molar-refractivity contribution in [2.75, 3.05) is 19.6 Å². The molecule has 1 amide bonds. The van der Waals surface area contributed by atoms with Gasteiger partial charge in [-0.15, -0.1) is 0 Å². The summed E-state index contributed by atoms with van der Waals surface area (Å²) in [5, 5.41) is 5.95. The third kappa shape index (κ3) is 9.08. The van der Waals surface area contributed by atoms with Gasteiger partial charge in [0.1, 0.15) is 0 Å². The van der Waals surface area contributed by atoms with Crippen molar-refractivity contribution in [1.82, 2.24) is 10.6 Å². The SMILES string of the molecule is C/C=C/CCNCCC(=O)NCC. The molecular weight excluding hydrogens is 164 g/mol. The summed E-state index contributed by atoms with van der Waals surface area (Å²) in [6.45, 7) is 6.37. The van der Waals surface area contributed by atoms with Gasteiger partial charge < -0.3 is 10.6 Å². The lowest BCUT2D eigenvalue weighted by molar-refractivity contribution is -0.120. The van der Waals surface area contributed by atoms with E-state index in [2.05, 4.69) is 16.7 Å². The Labute approximate surface area is 80.6 Å². The maximum atomic E-state index is 11.0. The van der Waals surface area contributed by atoms with Crippen molar-refractivity contribution < 1.29 is 4.79 Å². The lowest BCUT2D eigenvalue weighted by atomic mass is 10.3. The summed E-state index contributed by atoms with van der Waals surface area (Å²) in [5.74, 6) is 0.126. The molecule has 0 aromatic rings. The molecule has 0 rings (SSSR count). The minimum absolute atomic E-state index is 0.126. The molecule has 0 bridgehead atoms. The van der Waals surface area contributed by atoms with Crippen molar-refractivity contribution in [3.63, 3.8) is 0 Å². The maximum absolute atomic E-state index is 11.0. The monoisotopic (exact) mass is 184 g/mol. The number of hydrogen-bond acceptors (Lipinski definition) is 2. The Balaban J connectivity index is 3.11. The van der Waals surface area contributed by atoms with E-state index < -0.39 is 0 Å². The zero-order chi connectivity index (χ0) is 9.94. The molecule has 3 heteroatoms. The summed E-state index contributed by atoms with van der Waals surface area (Å²) in [7, 11) is 0. The van der Waals surface area contributed by atoms with Crippen LogP contribution in [-0.4, -0.2) is 25.5 Å². The fourth-order valence-corrected chi connectivity index (χ4v) is 0.965. The lowest BCUT2D eigenvalue weighted by Crippen LogP contribution is -2.27. The highest BCUT2D eigenvalue weighted by Crippen LogP contribution is 1.81. The van der Waals surface area contributed by atoms with Crippen LogP contribution in [0.25, 0.3) is 0 Å². The van der Waals surface area contributed by atoms with Gasteiger partial charge in [-0.3, -0.25) is 4.79 Å². The molecule has 0 heterocycles. The molecule has 0 unspecified atom stereocenters. The molecule has 76 valence electrons. The van der Waals surface area contributed by atoms with Gasteiger partial charge in [0.15, 0.2) is 0 Å². The van der Waals surface area contributed by atoms with Crippen LogP contribution in [0.4, 0.5) is 0 Å². The molecule has 0 aliphatic rings. The highest BCUT2D eigenvalue weighted by molar-refractivity contribution is 5.75. The number of carbonyl (C=O) groups excluding carboxylic acids is 1. The van der Waals surface area contributed by atoms with Crippen molar-refractivity contribution in [1.29, 1.82) is 0 Å². The van der Waals surface area contributed by atoms with E-state index in [1.807, 2.05) is 19.9 Å². The summed E-state index contributed by atoms with van der Waals surface area (Å²) in [6, 6.07) is 0. The van der Waals surface area contributed by atoms with Crippen LogP contribution in [0.2, 0.25) is 0 Å². The quantitative estimate of drug-likeness (QED) is 0.459. The summed E-state index contributed by atoms with van der Waals surface area (Å²) < 4.78 is 0. The van der Waals surface area contributed by atoms with Gasteiger partial charge in [0, 0.05) is 19.5 Å². The summed E-state index contributed by atoms with van der Waals surface area (Å²) in [6.07, 6.45) is 5.75. The van der Waals surface area contributed by atoms with Crippen LogP contribution in [0.5, 0.6) is 0 Å². The minimum Gasteiger partial charge on any atom is -0.356 e. The van der Waals surface area contributed by atoms with Crippen LogP contribution in [0.15, 0.2) is 12.2 Å². The third-order valence-electron chi connectivity index (χ3n) is 1.63. The van der Waals surface area contributed by atoms with E-state index in [4.69, 9.17) is 0 Å². The average Bonchev–Trinajstić information content (AvgIpc) is 2.11. The molecule has 0 radical (unpaired) electrons. The van der Waals surface area contributed by atoms with Crippen LogP contribution in [0, 0.1) is 0 Å². The fourth-order valence-electron chi connectivity index (χ4n) is 0.965. The molecule has 0 spiro atoms. The van der Waals surface area contributed by atoms with Crippen molar-refractivity contribution in [3.8, 4) is 0 Å². The minimum atomic E-state index is 0.126. The topological polar surface area (TPSA) is 41.1 Å². The van der Waals surface area contributed by atoms with Crippen LogP contribution in [0.1, 0.15) is 26.7 Å². The Morgan fingerprint density at radius 3 is 2.77 bits per heavy atom. The standard InChI is InChI=1S/C10H20N2O/c1-3-5-6-8-11-9-7-10(13)12-4-2/h3,5,11H,4,6-9H2,1-2H3,(H,12,13)/b5-3+. The number of carbonyl (C=O) groups is 1.